The maximum Gasteiger partial charge on any atom is 0.263 e. The van der Waals surface area contributed by atoms with E-state index < -0.39 is 16.1 Å². The molecule has 1 aliphatic carbocycles. The first-order valence-corrected chi connectivity index (χ1v) is 14.1. The lowest BCUT2D eigenvalue weighted by Crippen LogP contribution is -2.51. The number of hydrogen-bond donors (Lipinski definition) is 2. The van der Waals surface area contributed by atoms with Crippen LogP contribution in [0, 0.1) is 11.8 Å². The van der Waals surface area contributed by atoms with Crippen molar-refractivity contribution in [2.24, 2.45) is 16.8 Å². The Kier molecular flexibility index (Phi) is 7.60. The monoisotopic (exact) mass is 488 g/mol. The third-order valence-electron chi connectivity index (χ3n) is 7.42. The molecule has 4 rings (SSSR count). The number of amidine groups is 1. The third-order valence-corrected chi connectivity index (χ3v) is 8.82. The van der Waals surface area contributed by atoms with E-state index in [9.17, 15) is 18.0 Å². The molecule has 1 unspecified atom stereocenters. The van der Waals surface area contributed by atoms with Gasteiger partial charge in [-0.3, -0.25) is 19.3 Å². The van der Waals surface area contributed by atoms with Crippen LogP contribution < -0.4 is 10.0 Å². The number of benzene rings is 1. The van der Waals surface area contributed by atoms with Crippen LogP contribution in [0.25, 0.3) is 0 Å². The van der Waals surface area contributed by atoms with Gasteiger partial charge in [-0.05, 0) is 43.7 Å². The molecule has 0 bridgehead atoms. The lowest BCUT2D eigenvalue weighted by Gasteiger charge is -2.35. The number of piperidine rings is 1. The number of nitrogens with one attached hydrogen (secondary N) is 2. The molecule has 3 aliphatic rings. The van der Waals surface area contributed by atoms with Crippen molar-refractivity contribution in [2.75, 3.05) is 13.1 Å². The van der Waals surface area contributed by atoms with Crippen LogP contribution in [0.1, 0.15) is 70.8 Å². The lowest BCUT2D eigenvalue weighted by atomic mass is 9.92. The van der Waals surface area contributed by atoms with Gasteiger partial charge in [0.25, 0.3) is 10.0 Å². The number of amides is 2. The van der Waals surface area contributed by atoms with Gasteiger partial charge >= 0.3 is 0 Å². The molecule has 3 atom stereocenters. The number of hydrogen-bond acceptors (Lipinski definition) is 5. The summed E-state index contributed by atoms with van der Waals surface area (Å²) >= 11 is 0. The lowest BCUT2D eigenvalue weighted by molar-refractivity contribution is -0.137. The predicted molar refractivity (Wildman–Crippen MR) is 131 cm³/mol. The van der Waals surface area contributed by atoms with Gasteiger partial charge < -0.3 is 10.2 Å². The number of sulfonamides is 1. The van der Waals surface area contributed by atoms with Gasteiger partial charge in [0.2, 0.25) is 11.8 Å². The minimum atomic E-state index is -3.68. The highest BCUT2D eigenvalue weighted by atomic mass is 32.2. The molecule has 34 heavy (non-hydrogen) atoms. The van der Waals surface area contributed by atoms with Crippen LogP contribution in [0.2, 0.25) is 0 Å². The number of carbonyl (C=O) groups excluding carboxylic acids is 2. The Morgan fingerprint density at radius 1 is 1.15 bits per heavy atom. The van der Waals surface area contributed by atoms with E-state index in [0.717, 1.165) is 44.9 Å². The highest BCUT2D eigenvalue weighted by molar-refractivity contribution is 7.90. The van der Waals surface area contributed by atoms with Crippen molar-refractivity contribution in [3.63, 3.8) is 0 Å². The first-order chi connectivity index (χ1) is 16.3. The van der Waals surface area contributed by atoms with Crippen LogP contribution >= 0.6 is 0 Å². The number of aliphatic imine (C=N–C) groups is 1. The van der Waals surface area contributed by atoms with Gasteiger partial charge in [-0.2, -0.15) is 0 Å². The normalized spacial score (nSPS) is 25.3. The molecule has 2 fully saturated rings. The molecule has 1 aromatic rings. The highest BCUT2D eigenvalue weighted by Gasteiger charge is 2.37. The smallest absolute Gasteiger partial charge is 0.263 e. The van der Waals surface area contributed by atoms with Gasteiger partial charge in [0.15, 0.2) is 0 Å². The van der Waals surface area contributed by atoms with Gasteiger partial charge in [-0.1, -0.05) is 51.7 Å². The van der Waals surface area contributed by atoms with Crippen molar-refractivity contribution in [3.8, 4) is 0 Å². The van der Waals surface area contributed by atoms with E-state index >= 15 is 0 Å². The molecule has 2 heterocycles. The van der Waals surface area contributed by atoms with Crippen molar-refractivity contribution < 1.29 is 18.0 Å². The standard InChI is InChI=1S/C25H36N4O4S/c1-3-17(2)22(27-23-20-13-7-8-14-21(20)34(32,33)28-23)25(31)29-15-9-10-18(16-29)24(30)26-19-11-5-4-6-12-19/h7-8,13-14,17-19,22H,3-6,9-12,15-16H2,1-2H3,(H,26,30)(H,27,28)/t17-,18?,22-/m0/s1. The number of fused-ring (bicyclic) bond motifs is 1. The van der Waals surface area contributed by atoms with Crippen molar-refractivity contribution in [1.82, 2.24) is 14.9 Å². The van der Waals surface area contributed by atoms with Crippen molar-refractivity contribution in [1.29, 1.82) is 0 Å². The minimum absolute atomic E-state index is 0.0493. The molecule has 1 aromatic carbocycles. The summed E-state index contributed by atoms with van der Waals surface area (Å²) in [6, 6.07) is 6.22. The van der Waals surface area contributed by atoms with E-state index in [2.05, 4.69) is 15.0 Å². The van der Waals surface area contributed by atoms with Gasteiger partial charge in [0, 0.05) is 24.7 Å². The molecule has 186 valence electrons. The fraction of sp³-hybridized carbons (Fsp3) is 0.640. The van der Waals surface area contributed by atoms with Gasteiger partial charge in [-0.25, -0.2) is 8.42 Å². The molecular formula is C25H36N4O4S. The second kappa shape index (κ2) is 10.5. The summed E-state index contributed by atoms with van der Waals surface area (Å²) in [5.74, 6) is -0.156. The second-order valence-corrected chi connectivity index (χ2v) is 11.5. The quantitative estimate of drug-likeness (QED) is 0.642. The minimum Gasteiger partial charge on any atom is -0.353 e. The van der Waals surface area contributed by atoms with Gasteiger partial charge in [-0.15, -0.1) is 0 Å². The van der Waals surface area contributed by atoms with E-state index in [1.807, 2.05) is 13.8 Å². The van der Waals surface area contributed by atoms with Crippen molar-refractivity contribution >= 4 is 27.7 Å². The highest BCUT2D eigenvalue weighted by Crippen LogP contribution is 2.26. The van der Waals surface area contributed by atoms with Crippen LogP contribution in [-0.2, 0) is 19.6 Å². The van der Waals surface area contributed by atoms with Crippen LogP contribution in [-0.4, -0.2) is 56.1 Å². The fourth-order valence-corrected chi connectivity index (χ4v) is 6.40. The zero-order valence-electron chi connectivity index (χ0n) is 20.1. The van der Waals surface area contributed by atoms with Crippen molar-refractivity contribution in [3.05, 3.63) is 29.8 Å². The summed E-state index contributed by atoms with van der Waals surface area (Å²) in [4.78, 5) is 33.1. The van der Waals surface area contributed by atoms with E-state index in [1.54, 1.807) is 29.2 Å². The summed E-state index contributed by atoms with van der Waals surface area (Å²) in [6.07, 6.45) is 7.89. The fourth-order valence-electron chi connectivity index (χ4n) is 5.16. The molecule has 1 saturated carbocycles. The molecule has 2 N–H and O–H groups in total. The number of likely N-dealkylation sites (tertiary alicyclic amines) is 1. The topological polar surface area (TPSA) is 108 Å². The van der Waals surface area contributed by atoms with Crippen LogP contribution in [0.3, 0.4) is 0 Å². The summed E-state index contributed by atoms with van der Waals surface area (Å²) in [5.41, 5.74) is 0.493. The van der Waals surface area contributed by atoms with Crippen LogP contribution in [0.4, 0.5) is 0 Å². The zero-order valence-corrected chi connectivity index (χ0v) is 20.9. The first-order valence-electron chi connectivity index (χ1n) is 12.6. The largest absolute Gasteiger partial charge is 0.353 e. The van der Waals surface area contributed by atoms with E-state index in [0.29, 0.717) is 18.7 Å². The summed E-state index contributed by atoms with van der Waals surface area (Å²) in [5, 5.41) is 3.21. The maximum atomic E-state index is 13.6. The first kappa shape index (κ1) is 24.7. The Bertz CT molecular complexity index is 1050. The third kappa shape index (κ3) is 5.29. The molecule has 2 amide bonds. The molecule has 9 heteroatoms. The van der Waals surface area contributed by atoms with E-state index in [-0.39, 0.29) is 40.4 Å². The summed E-state index contributed by atoms with van der Waals surface area (Å²) in [6.45, 7) is 4.93. The average Bonchev–Trinajstić information content (AvgIpc) is 3.12. The Morgan fingerprint density at radius 3 is 2.62 bits per heavy atom. The number of rotatable bonds is 6. The SMILES string of the molecule is CC[C@H](C)[C@H](N=C1NS(=O)(=O)c2ccccc21)C(=O)N1CCCC(C(=O)NC2CCCCC2)C1. The molecule has 0 radical (unpaired) electrons. The van der Waals surface area contributed by atoms with Gasteiger partial charge in [0.05, 0.1) is 10.8 Å². The average molecular weight is 489 g/mol. The Hall–Kier alpha value is -2.42. The molecular weight excluding hydrogens is 452 g/mol. The maximum absolute atomic E-state index is 13.6. The van der Waals surface area contributed by atoms with Gasteiger partial charge in [0.1, 0.15) is 11.9 Å². The van der Waals surface area contributed by atoms with E-state index in [4.69, 9.17) is 0 Å². The Morgan fingerprint density at radius 2 is 1.88 bits per heavy atom. The number of carbonyl (C=O) groups is 2. The molecule has 2 aliphatic heterocycles. The molecule has 0 spiro atoms. The van der Waals surface area contributed by atoms with Crippen LogP contribution in [0.15, 0.2) is 34.2 Å². The Labute approximate surface area is 202 Å². The van der Waals surface area contributed by atoms with Crippen molar-refractivity contribution in [2.45, 2.75) is 82.2 Å². The summed E-state index contributed by atoms with van der Waals surface area (Å²) in [7, 11) is -3.68. The molecule has 8 nitrogen and oxygen atoms in total. The number of nitrogens with zero attached hydrogens (tertiary/aromatic N) is 2. The van der Waals surface area contributed by atoms with Crippen LogP contribution in [0.5, 0.6) is 0 Å². The Balaban J connectivity index is 1.50. The zero-order chi connectivity index (χ0) is 24.3. The molecule has 0 aromatic heterocycles. The molecule has 1 saturated heterocycles. The second-order valence-electron chi connectivity index (χ2n) is 9.88. The predicted octanol–water partition coefficient (Wildman–Crippen LogP) is 2.83. The summed E-state index contributed by atoms with van der Waals surface area (Å²) < 4.78 is 27.5. The van der Waals surface area contributed by atoms with E-state index in [1.165, 1.54) is 6.42 Å².